The van der Waals surface area contributed by atoms with E-state index < -0.39 is 0 Å². The summed E-state index contributed by atoms with van der Waals surface area (Å²) >= 11 is 5.99. The average Bonchev–Trinajstić information content (AvgIpc) is 2.73. The number of hydrogen-bond acceptors (Lipinski definition) is 3. The Morgan fingerprint density at radius 2 is 2.29 bits per heavy atom. The Bertz CT molecular complexity index is 547. The van der Waals surface area contributed by atoms with Crippen LogP contribution in [0.3, 0.4) is 0 Å². The average molecular weight is 252 g/mol. The molecule has 3 nitrogen and oxygen atoms in total. The van der Waals surface area contributed by atoms with E-state index in [2.05, 4.69) is 0 Å². The van der Waals surface area contributed by atoms with Gasteiger partial charge in [-0.2, -0.15) is 0 Å². The first-order valence-electron chi connectivity index (χ1n) is 5.56. The van der Waals surface area contributed by atoms with E-state index in [-0.39, 0.29) is 11.7 Å². The maximum Gasteiger partial charge on any atom is 0.200 e. The lowest BCUT2D eigenvalue weighted by molar-refractivity contribution is 0.0899. The minimum Gasteiger partial charge on any atom is -0.451 e. The summed E-state index contributed by atoms with van der Waals surface area (Å²) in [5.41, 5.74) is 6.01. The van der Waals surface area contributed by atoms with Gasteiger partial charge in [-0.3, -0.25) is 4.79 Å². The van der Waals surface area contributed by atoms with Gasteiger partial charge in [0.05, 0.1) is 5.02 Å². The van der Waals surface area contributed by atoms with E-state index in [0.717, 1.165) is 5.39 Å². The third kappa shape index (κ3) is 2.35. The number of nitrogens with two attached hydrogens (primary N) is 1. The van der Waals surface area contributed by atoms with Gasteiger partial charge in [-0.1, -0.05) is 30.7 Å². The smallest absolute Gasteiger partial charge is 0.200 e. The molecule has 0 saturated carbocycles. The van der Waals surface area contributed by atoms with E-state index in [1.165, 1.54) is 0 Å². The van der Waals surface area contributed by atoms with Gasteiger partial charge in [-0.05, 0) is 25.1 Å². The lowest BCUT2D eigenvalue weighted by atomic mass is 10.0. The highest BCUT2D eigenvalue weighted by Gasteiger charge is 2.19. The monoisotopic (exact) mass is 251 g/mol. The van der Waals surface area contributed by atoms with Crippen LogP contribution in [-0.2, 0) is 0 Å². The molecule has 0 saturated heterocycles. The van der Waals surface area contributed by atoms with Crippen molar-refractivity contribution in [1.82, 2.24) is 0 Å². The number of benzene rings is 1. The fraction of sp³-hybridized carbons (Fsp3) is 0.308. The lowest BCUT2D eigenvalue weighted by Gasteiger charge is -2.05. The van der Waals surface area contributed by atoms with Crippen LogP contribution in [0.15, 0.2) is 28.7 Å². The maximum absolute atomic E-state index is 12.0. The van der Waals surface area contributed by atoms with Crippen LogP contribution < -0.4 is 5.73 Å². The molecule has 1 aromatic carbocycles. The van der Waals surface area contributed by atoms with Gasteiger partial charge in [-0.25, -0.2) is 0 Å². The number of rotatable bonds is 4. The molecule has 0 aliphatic rings. The predicted octanol–water partition coefficient (Wildman–Crippen LogP) is 3.25. The summed E-state index contributed by atoms with van der Waals surface area (Å²) in [5.74, 6) is 0.205. The van der Waals surface area contributed by atoms with E-state index in [1.54, 1.807) is 12.1 Å². The number of para-hydroxylation sites is 1. The Hall–Kier alpha value is -1.32. The zero-order chi connectivity index (χ0) is 12.4. The van der Waals surface area contributed by atoms with Crippen LogP contribution in [0.1, 0.15) is 23.9 Å². The maximum atomic E-state index is 12.0. The highest BCUT2D eigenvalue weighted by Crippen LogP contribution is 2.27. The minimum absolute atomic E-state index is 0.0253. The Labute approximate surface area is 105 Å². The number of hydrogen-bond donors (Lipinski definition) is 1. The quantitative estimate of drug-likeness (QED) is 0.849. The molecule has 2 rings (SSSR count). The molecule has 1 heterocycles. The van der Waals surface area contributed by atoms with Gasteiger partial charge < -0.3 is 10.2 Å². The molecule has 0 amide bonds. The summed E-state index contributed by atoms with van der Waals surface area (Å²) in [6.45, 7) is 2.35. The van der Waals surface area contributed by atoms with Crippen LogP contribution in [0.2, 0.25) is 5.02 Å². The van der Waals surface area contributed by atoms with Crippen molar-refractivity contribution in [3.63, 3.8) is 0 Å². The van der Waals surface area contributed by atoms with Crippen molar-refractivity contribution >= 4 is 28.4 Å². The first kappa shape index (κ1) is 12.1. The number of Topliss-reactive ketones (excluding diaryl/α,β-unsaturated/α-hetero) is 1. The molecule has 0 fully saturated rings. The summed E-state index contributed by atoms with van der Waals surface area (Å²) in [4.78, 5) is 12.0. The van der Waals surface area contributed by atoms with Crippen LogP contribution in [0.25, 0.3) is 11.0 Å². The summed E-state index contributed by atoms with van der Waals surface area (Å²) in [7, 11) is 0. The van der Waals surface area contributed by atoms with Crippen LogP contribution >= 0.6 is 11.6 Å². The van der Waals surface area contributed by atoms with Gasteiger partial charge in [0.2, 0.25) is 5.78 Å². The fourth-order valence-electron chi connectivity index (χ4n) is 1.77. The van der Waals surface area contributed by atoms with Gasteiger partial charge in [0, 0.05) is 11.3 Å². The number of ketones is 1. The van der Waals surface area contributed by atoms with Crippen molar-refractivity contribution in [2.24, 2.45) is 11.7 Å². The molecule has 0 radical (unpaired) electrons. The number of carbonyl (C=O) groups excluding carboxylic acids is 1. The van der Waals surface area contributed by atoms with Crippen LogP contribution in [0, 0.1) is 5.92 Å². The van der Waals surface area contributed by atoms with Crippen molar-refractivity contribution in [1.29, 1.82) is 0 Å². The predicted molar refractivity (Wildman–Crippen MR) is 68.4 cm³/mol. The highest BCUT2D eigenvalue weighted by molar-refractivity contribution is 6.34. The standard InChI is InChI=1S/C13H14ClNO2/c1-8(5-6-15)12(16)11-7-9-3-2-4-10(14)13(9)17-11/h2-4,7-8H,5-6,15H2,1H3. The highest BCUT2D eigenvalue weighted by atomic mass is 35.5. The molecular formula is C13H14ClNO2. The van der Waals surface area contributed by atoms with Crippen LogP contribution in [0.4, 0.5) is 0 Å². The molecule has 1 unspecified atom stereocenters. The number of fused-ring (bicyclic) bond motifs is 1. The molecule has 0 aliphatic carbocycles. The van der Waals surface area contributed by atoms with Crippen LogP contribution in [-0.4, -0.2) is 12.3 Å². The van der Waals surface area contributed by atoms with Crippen molar-refractivity contribution in [3.8, 4) is 0 Å². The molecule has 0 aliphatic heterocycles. The van der Waals surface area contributed by atoms with Gasteiger partial charge in [0.25, 0.3) is 0 Å². The molecule has 17 heavy (non-hydrogen) atoms. The van der Waals surface area contributed by atoms with Gasteiger partial charge >= 0.3 is 0 Å². The summed E-state index contributed by atoms with van der Waals surface area (Å²) in [6.07, 6.45) is 0.656. The Balaban J connectivity index is 2.37. The number of furan rings is 1. The van der Waals surface area contributed by atoms with Gasteiger partial charge in [-0.15, -0.1) is 0 Å². The van der Waals surface area contributed by atoms with E-state index in [1.807, 2.05) is 19.1 Å². The van der Waals surface area contributed by atoms with Crippen molar-refractivity contribution < 1.29 is 9.21 Å². The molecule has 2 N–H and O–H groups in total. The third-order valence-corrected chi connectivity index (χ3v) is 3.08. The van der Waals surface area contributed by atoms with Crippen LogP contribution in [0.5, 0.6) is 0 Å². The summed E-state index contributed by atoms with van der Waals surface area (Å²) < 4.78 is 5.51. The largest absolute Gasteiger partial charge is 0.451 e. The minimum atomic E-state index is -0.126. The third-order valence-electron chi connectivity index (χ3n) is 2.79. The topological polar surface area (TPSA) is 56.2 Å². The normalized spacial score (nSPS) is 12.9. The molecule has 4 heteroatoms. The Morgan fingerprint density at radius 1 is 1.53 bits per heavy atom. The molecule has 2 aromatic rings. The first-order chi connectivity index (χ1) is 8.13. The Kier molecular flexibility index (Phi) is 3.50. The number of carbonyl (C=O) groups is 1. The molecule has 1 aromatic heterocycles. The fourth-order valence-corrected chi connectivity index (χ4v) is 1.99. The molecule has 90 valence electrons. The zero-order valence-electron chi connectivity index (χ0n) is 9.57. The second kappa shape index (κ2) is 4.90. The number of halogens is 1. The van der Waals surface area contributed by atoms with E-state index in [4.69, 9.17) is 21.8 Å². The van der Waals surface area contributed by atoms with Gasteiger partial charge in [0.1, 0.15) is 0 Å². The van der Waals surface area contributed by atoms with Crippen molar-refractivity contribution in [3.05, 3.63) is 35.0 Å². The lowest BCUT2D eigenvalue weighted by Crippen LogP contribution is -2.15. The molecular weight excluding hydrogens is 238 g/mol. The van der Waals surface area contributed by atoms with Crippen molar-refractivity contribution in [2.75, 3.05) is 6.54 Å². The zero-order valence-corrected chi connectivity index (χ0v) is 10.3. The summed E-state index contributed by atoms with van der Waals surface area (Å²) in [5, 5.41) is 1.37. The van der Waals surface area contributed by atoms with Gasteiger partial charge in [0.15, 0.2) is 11.3 Å². The SMILES string of the molecule is CC(CCN)C(=O)c1cc2cccc(Cl)c2o1. The summed E-state index contributed by atoms with van der Waals surface area (Å²) in [6, 6.07) is 7.17. The van der Waals surface area contributed by atoms with E-state index in [9.17, 15) is 4.79 Å². The Morgan fingerprint density at radius 3 is 2.94 bits per heavy atom. The van der Waals surface area contributed by atoms with E-state index in [0.29, 0.717) is 29.3 Å². The molecule has 0 bridgehead atoms. The van der Waals surface area contributed by atoms with E-state index >= 15 is 0 Å². The first-order valence-corrected chi connectivity index (χ1v) is 5.93. The molecule has 0 spiro atoms. The second-order valence-corrected chi connectivity index (χ2v) is 4.52. The second-order valence-electron chi connectivity index (χ2n) is 4.11. The van der Waals surface area contributed by atoms with Crippen molar-refractivity contribution in [2.45, 2.75) is 13.3 Å². The molecule has 1 atom stereocenters.